The van der Waals surface area contributed by atoms with Gasteiger partial charge >= 0.3 is 0 Å². The van der Waals surface area contributed by atoms with E-state index < -0.39 is 0 Å². The van der Waals surface area contributed by atoms with Gasteiger partial charge in [0.1, 0.15) is 0 Å². The van der Waals surface area contributed by atoms with Crippen LogP contribution in [0.15, 0.2) is 59.5 Å². The first kappa shape index (κ1) is 19.1. The van der Waals surface area contributed by atoms with Crippen molar-refractivity contribution in [2.45, 2.75) is 37.8 Å². The Morgan fingerprint density at radius 3 is 2.63 bits per heavy atom. The zero-order valence-corrected chi connectivity index (χ0v) is 16.5. The lowest BCUT2D eigenvalue weighted by Gasteiger charge is -2.17. The summed E-state index contributed by atoms with van der Waals surface area (Å²) in [6.45, 7) is 6.15. The van der Waals surface area contributed by atoms with Gasteiger partial charge in [0.05, 0.1) is 11.4 Å². The highest BCUT2D eigenvalue weighted by Crippen LogP contribution is 2.26. The van der Waals surface area contributed by atoms with Gasteiger partial charge in [-0.05, 0) is 46.2 Å². The topological polar surface area (TPSA) is 72.7 Å². The fourth-order valence-corrected chi connectivity index (χ4v) is 3.42. The van der Waals surface area contributed by atoms with Gasteiger partial charge in [-0.2, -0.15) is 4.68 Å². The lowest BCUT2D eigenvalue weighted by atomic mass is 9.92. The zero-order valence-electron chi connectivity index (χ0n) is 15.7. The van der Waals surface area contributed by atoms with Crippen molar-refractivity contribution in [3.63, 3.8) is 0 Å². The second-order valence-corrected chi connectivity index (χ2v) is 8.49. The van der Waals surface area contributed by atoms with E-state index in [1.807, 2.05) is 54.6 Å². The molecular weight excluding hydrogens is 358 g/mol. The minimum atomic E-state index is -0.0367. The summed E-state index contributed by atoms with van der Waals surface area (Å²) in [5.41, 5.74) is 1.70. The number of thioether (sulfide) groups is 1. The number of hydrogen-bond acceptors (Lipinski definition) is 5. The van der Waals surface area contributed by atoms with E-state index in [4.69, 9.17) is 0 Å². The average molecular weight is 382 g/mol. The third kappa shape index (κ3) is 5.65. The molecule has 140 valence electrons. The third-order valence-corrected chi connectivity index (χ3v) is 4.70. The van der Waals surface area contributed by atoms with Crippen LogP contribution in [-0.2, 0) is 10.5 Å². The van der Waals surface area contributed by atoms with Gasteiger partial charge in [0.2, 0.25) is 5.91 Å². The second kappa shape index (κ2) is 8.35. The van der Waals surface area contributed by atoms with E-state index in [2.05, 4.69) is 41.6 Å². The minimum Gasteiger partial charge on any atom is -0.326 e. The van der Waals surface area contributed by atoms with Crippen molar-refractivity contribution in [3.8, 4) is 5.69 Å². The van der Waals surface area contributed by atoms with Crippen LogP contribution >= 0.6 is 11.8 Å². The second-order valence-electron chi connectivity index (χ2n) is 7.44. The predicted molar refractivity (Wildman–Crippen MR) is 108 cm³/mol. The van der Waals surface area contributed by atoms with Crippen molar-refractivity contribution in [2.75, 3.05) is 5.32 Å². The molecule has 0 saturated carbocycles. The zero-order chi connectivity index (χ0) is 19.3. The largest absolute Gasteiger partial charge is 0.326 e. The molecule has 1 heterocycles. The van der Waals surface area contributed by atoms with Gasteiger partial charge in [0.15, 0.2) is 5.82 Å². The van der Waals surface area contributed by atoms with Crippen LogP contribution in [0.4, 0.5) is 5.69 Å². The van der Waals surface area contributed by atoms with Crippen molar-refractivity contribution in [3.05, 3.63) is 60.4 Å². The summed E-state index contributed by atoms with van der Waals surface area (Å²) in [4.78, 5) is 13.2. The van der Waals surface area contributed by atoms with Gasteiger partial charge < -0.3 is 5.32 Å². The van der Waals surface area contributed by atoms with Crippen molar-refractivity contribution in [1.82, 2.24) is 20.2 Å². The van der Waals surface area contributed by atoms with Crippen molar-refractivity contribution in [1.29, 1.82) is 0 Å². The Morgan fingerprint density at radius 2 is 1.89 bits per heavy atom. The summed E-state index contributed by atoms with van der Waals surface area (Å²) in [6.07, 6.45) is 0.482. The van der Waals surface area contributed by atoms with E-state index in [-0.39, 0.29) is 11.3 Å². The quantitative estimate of drug-likeness (QED) is 0.644. The number of amides is 1. The molecule has 1 amide bonds. The number of nitrogens with one attached hydrogen (secondary N) is 1. The van der Waals surface area contributed by atoms with Gasteiger partial charge in [0, 0.05) is 17.0 Å². The first-order valence-electron chi connectivity index (χ1n) is 8.76. The third-order valence-electron chi connectivity index (χ3n) is 3.71. The maximum Gasteiger partial charge on any atom is 0.224 e. The molecule has 0 fully saturated rings. The van der Waals surface area contributed by atoms with Crippen LogP contribution in [-0.4, -0.2) is 26.1 Å². The molecule has 0 aliphatic rings. The first-order chi connectivity index (χ1) is 12.9. The molecule has 6 nitrogen and oxygen atoms in total. The predicted octanol–water partition coefficient (Wildman–Crippen LogP) is 4.33. The molecule has 27 heavy (non-hydrogen) atoms. The van der Waals surface area contributed by atoms with E-state index in [1.165, 1.54) is 0 Å². The molecular formula is C20H23N5OS. The lowest BCUT2D eigenvalue weighted by Crippen LogP contribution is -2.19. The van der Waals surface area contributed by atoms with Crippen molar-refractivity contribution in [2.24, 2.45) is 5.41 Å². The maximum atomic E-state index is 12.1. The van der Waals surface area contributed by atoms with Gasteiger partial charge in [-0.15, -0.1) is 16.9 Å². The molecule has 0 atom stereocenters. The monoisotopic (exact) mass is 381 g/mol. The van der Waals surface area contributed by atoms with E-state index in [9.17, 15) is 4.79 Å². The number of benzene rings is 2. The lowest BCUT2D eigenvalue weighted by molar-refractivity contribution is -0.117. The number of para-hydroxylation sites is 1. The number of aromatic nitrogens is 4. The highest BCUT2D eigenvalue weighted by Gasteiger charge is 2.16. The number of carbonyl (C=O) groups excluding carboxylic acids is 1. The smallest absolute Gasteiger partial charge is 0.224 e. The van der Waals surface area contributed by atoms with E-state index in [0.717, 1.165) is 22.1 Å². The van der Waals surface area contributed by atoms with Crippen molar-refractivity contribution >= 4 is 23.4 Å². The van der Waals surface area contributed by atoms with E-state index >= 15 is 0 Å². The molecule has 0 bridgehead atoms. The summed E-state index contributed by atoms with van der Waals surface area (Å²) in [7, 11) is 0. The Balaban J connectivity index is 1.65. The molecule has 0 spiro atoms. The fourth-order valence-electron chi connectivity index (χ4n) is 2.56. The van der Waals surface area contributed by atoms with Crippen LogP contribution in [0.1, 0.15) is 33.0 Å². The number of hydrogen-bond donors (Lipinski definition) is 1. The Morgan fingerprint density at radius 1 is 1.11 bits per heavy atom. The Labute approximate surface area is 163 Å². The number of anilines is 1. The van der Waals surface area contributed by atoms with Gasteiger partial charge in [-0.1, -0.05) is 45.0 Å². The molecule has 0 unspecified atom stereocenters. The molecule has 0 saturated heterocycles. The standard InChI is InChI=1S/C20H23N5OS/c1-20(2,3)13-19(26)21-15-8-7-11-17(12-15)27-14-18-22-23-24-25(18)16-9-5-4-6-10-16/h4-12H,13-14H2,1-3H3,(H,21,26). The molecule has 7 heteroatoms. The molecule has 0 radical (unpaired) electrons. The van der Waals surface area contributed by atoms with Crippen LogP contribution in [0, 0.1) is 5.41 Å². The summed E-state index contributed by atoms with van der Waals surface area (Å²) in [6, 6.07) is 17.6. The Kier molecular flexibility index (Phi) is 5.91. The minimum absolute atomic E-state index is 0.0256. The summed E-state index contributed by atoms with van der Waals surface area (Å²) in [5.74, 6) is 1.42. The molecule has 1 aromatic heterocycles. The van der Waals surface area contributed by atoms with Crippen LogP contribution in [0.3, 0.4) is 0 Å². The van der Waals surface area contributed by atoms with E-state index in [1.54, 1.807) is 16.4 Å². The van der Waals surface area contributed by atoms with Crippen molar-refractivity contribution < 1.29 is 4.79 Å². The summed E-state index contributed by atoms with van der Waals surface area (Å²) < 4.78 is 1.74. The van der Waals surface area contributed by atoms with Gasteiger partial charge in [0.25, 0.3) is 0 Å². The highest BCUT2D eigenvalue weighted by molar-refractivity contribution is 7.98. The van der Waals surface area contributed by atoms with Crippen LogP contribution in [0.25, 0.3) is 5.69 Å². The van der Waals surface area contributed by atoms with E-state index in [0.29, 0.717) is 12.2 Å². The summed E-state index contributed by atoms with van der Waals surface area (Å²) >= 11 is 1.63. The number of tetrazole rings is 1. The Hall–Kier alpha value is -2.67. The van der Waals surface area contributed by atoms with Gasteiger partial charge in [-0.3, -0.25) is 4.79 Å². The molecule has 0 aliphatic carbocycles. The molecule has 2 aromatic carbocycles. The van der Waals surface area contributed by atoms with Gasteiger partial charge in [-0.25, -0.2) is 0 Å². The maximum absolute atomic E-state index is 12.1. The number of rotatable bonds is 6. The molecule has 1 N–H and O–H groups in total. The average Bonchev–Trinajstić information content (AvgIpc) is 3.08. The summed E-state index contributed by atoms with van der Waals surface area (Å²) in [5, 5.41) is 15.0. The SMILES string of the molecule is CC(C)(C)CC(=O)Nc1cccc(SCc2nnnn2-c2ccccc2)c1. The van der Waals surface area contributed by atoms with Crippen LogP contribution in [0.2, 0.25) is 0 Å². The normalized spacial score (nSPS) is 11.4. The molecule has 0 aliphatic heterocycles. The molecule has 3 rings (SSSR count). The fraction of sp³-hybridized carbons (Fsp3) is 0.300. The molecule has 3 aromatic rings. The van der Waals surface area contributed by atoms with Crippen LogP contribution < -0.4 is 5.32 Å². The number of carbonyl (C=O) groups is 1. The first-order valence-corrected chi connectivity index (χ1v) is 9.75. The number of nitrogens with zero attached hydrogens (tertiary/aromatic N) is 4. The Bertz CT molecular complexity index is 902. The van der Waals surface area contributed by atoms with Crippen LogP contribution in [0.5, 0.6) is 0 Å². The highest BCUT2D eigenvalue weighted by atomic mass is 32.2.